The van der Waals surface area contributed by atoms with E-state index < -0.39 is 0 Å². The number of aromatic nitrogens is 1. The second-order valence-electron chi connectivity index (χ2n) is 2.93. The first kappa shape index (κ1) is 10.7. The number of carbonyl (C=O) groups is 1. The van der Waals surface area contributed by atoms with E-state index in [1.807, 2.05) is 13.8 Å². The van der Waals surface area contributed by atoms with Gasteiger partial charge in [-0.05, 0) is 26.0 Å². The van der Waals surface area contributed by atoms with Crippen LogP contribution in [-0.4, -0.2) is 28.9 Å². The number of hydrogen-bond donors (Lipinski definition) is 0. The molecule has 3 heteroatoms. The molecular weight excluding hydrogens is 176 g/mol. The first-order chi connectivity index (χ1) is 6.69. The van der Waals surface area contributed by atoms with Gasteiger partial charge < -0.3 is 4.90 Å². The topological polar surface area (TPSA) is 33.2 Å². The number of rotatable bonds is 3. The molecule has 74 valence electrons. The third kappa shape index (κ3) is 2.31. The third-order valence-corrected chi connectivity index (χ3v) is 2.04. The molecule has 1 heterocycles. The summed E-state index contributed by atoms with van der Waals surface area (Å²) in [5.41, 5.74) is 0.789. The minimum absolute atomic E-state index is 0.0673. The Bertz CT molecular complexity index is 319. The van der Waals surface area contributed by atoms with Crippen LogP contribution in [-0.2, 0) is 0 Å². The molecule has 0 bridgehead atoms. The summed E-state index contributed by atoms with van der Waals surface area (Å²) in [5, 5.41) is 0. The highest BCUT2D eigenvalue weighted by atomic mass is 16.2. The number of carbonyl (C=O) groups excluding carboxylic acids is 1. The molecule has 0 aromatic carbocycles. The Morgan fingerprint density at radius 3 is 2.57 bits per heavy atom. The quantitative estimate of drug-likeness (QED) is 0.725. The van der Waals surface area contributed by atoms with Crippen LogP contribution in [0.4, 0.5) is 0 Å². The predicted molar refractivity (Wildman–Crippen MR) is 54.9 cm³/mol. The van der Waals surface area contributed by atoms with Crippen LogP contribution in [0.3, 0.4) is 0 Å². The van der Waals surface area contributed by atoms with Crippen LogP contribution in [0, 0.1) is 6.92 Å². The number of amides is 1. The van der Waals surface area contributed by atoms with Gasteiger partial charge in [0.25, 0.3) is 5.91 Å². The lowest BCUT2D eigenvalue weighted by Gasteiger charge is -2.17. The Morgan fingerprint density at radius 2 is 2.07 bits per heavy atom. The maximum Gasteiger partial charge on any atom is 0.272 e. The SMILES string of the molecule is [CH]c1cccc(C(=O)N(CC)CC)n1. The molecule has 3 nitrogen and oxygen atoms in total. The molecule has 1 amide bonds. The molecule has 0 N–H and O–H groups in total. The van der Waals surface area contributed by atoms with Gasteiger partial charge >= 0.3 is 0 Å². The maximum absolute atomic E-state index is 11.8. The fourth-order valence-corrected chi connectivity index (χ4v) is 1.24. The molecule has 1 aromatic rings. The second-order valence-corrected chi connectivity index (χ2v) is 2.93. The third-order valence-electron chi connectivity index (χ3n) is 2.04. The highest BCUT2D eigenvalue weighted by molar-refractivity contribution is 5.92. The van der Waals surface area contributed by atoms with Crippen LogP contribution in [0.5, 0.6) is 0 Å². The van der Waals surface area contributed by atoms with Gasteiger partial charge in [-0.1, -0.05) is 6.07 Å². The van der Waals surface area contributed by atoms with Crippen molar-refractivity contribution >= 4 is 5.91 Å². The number of pyridine rings is 1. The largest absolute Gasteiger partial charge is 0.338 e. The summed E-state index contributed by atoms with van der Waals surface area (Å²) in [4.78, 5) is 17.5. The van der Waals surface area contributed by atoms with Crippen molar-refractivity contribution in [2.45, 2.75) is 13.8 Å². The van der Waals surface area contributed by atoms with Crippen LogP contribution in [0.1, 0.15) is 30.0 Å². The molecule has 0 aliphatic carbocycles. The lowest BCUT2D eigenvalue weighted by Crippen LogP contribution is -2.31. The Morgan fingerprint density at radius 1 is 1.43 bits per heavy atom. The minimum Gasteiger partial charge on any atom is -0.338 e. The van der Waals surface area contributed by atoms with Gasteiger partial charge in [0.15, 0.2) is 0 Å². The molecule has 1 aromatic heterocycles. The maximum atomic E-state index is 11.8. The fourth-order valence-electron chi connectivity index (χ4n) is 1.24. The number of nitrogens with zero attached hydrogens (tertiary/aromatic N) is 2. The highest BCUT2D eigenvalue weighted by Gasteiger charge is 2.12. The molecule has 0 atom stereocenters. The lowest BCUT2D eigenvalue weighted by molar-refractivity contribution is 0.0767. The predicted octanol–water partition coefficient (Wildman–Crippen LogP) is 1.62. The Kier molecular flexibility index (Phi) is 3.63. The first-order valence-corrected chi connectivity index (χ1v) is 4.70. The van der Waals surface area contributed by atoms with Crippen molar-refractivity contribution in [3.8, 4) is 0 Å². The van der Waals surface area contributed by atoms with Crippen LogP contribution in [0.25, 0.3) is 0 Å². The van der Waals surface area contributed by atoms with Crippen molar-refractivity contribution in [1.82, 2.24) is 9.88 Å². The van der Waals surface area contributed by atoms with E-state index in [1.165, 1.54) is 0 Å². The van der Waals surface area contributed by atoms with Gasteiger partial charge in [-0.15, -0.1) is 0 Å². The van der Waals surface area contributed by atoms with Crippen LogP contribution < -0.4 is 0 Å². The van der Waals surface area contributed by atoms with E-state index in [-0.39, 0.29) is 5.91 Å². The molecule has 1 rings (SSSR count). The van der Waals surface area contributed by atoms with Gasteiger partial charge in [0, 0.05) is 25.7 Å². The molecule has 0 spiro atoms. The summed E-state index contributed by atoms with van der Waals surface area (Å²) in [6.45, 7) is 10.7. The van der Waals surface area contributed by atoms with Crippen LogP contribution in [0.15, 0.2) is 18.2 Å². The summed E-state index contributed by atoms with van der Waals surface area (Å²) >= 11 is 0. The van der Waals surface area contributed by atoms with Gasteiger partial charge in [-0.2, -0.15) is 0 Å². The molecule has 0 saturated carbocycles. The second kappa shape index (κ2) is 4.74. The zero-order chi connectivity index (χ0) is 10.6. The van der Waals surface area contributed by atoms with Crippen molar-refractivity contribution < 1.29 is 4.79 Å². The van der Waals surface area contributed by atoms with E-state index in [4.69, 9.17) is 6.92 Å². The molecular formula is C11H14N2O. The van der Waals surface area contributed by atoms with E-state index in [1.54, 1.807) is 23.1 Å². The van der Waals surface area contributed by atoms with E-state index in [2.05, 4.69) is 4.98 Å². The van der Waals surface area contributed by atoms with Crippen molar-refractivity contribution in [2.24, 2.45) is 0 Å². The summed E-state index contributed by atoms with van der Waals surface area (Å²) < 4.78 is 0. The van der Waals surface area contributed by atoms with Gasteiger partial charge in [-0.3, -0.25) is 4.79 Å². The van der Waals surface area contributed by atoms with Crippen molar-refractivity contribution in [3.63, 3.8) is 0 Å². The fraction of sp³-hybridized carbons (Fsp3) is 0.364. The van der Waals surface area contributed by atoms with Crippen LogP contribution >= 0.6 is 0 Å². The van der Waals surface area contributed by atoms with Crippen molar-refractivity contribution in [1.29, 1.82) is 0 Å². The molecule has 0 saturated heterocycles. The molecule has 0 aliphatic heterocycles. The van der Waals surface area contributed by atoms with Crippen molar-refractivity contribution in [2.75, 3.05) is 13.1 Å². The van der Waals surface area contributed by atoms with E-state index in [9.17, 15) is 4.79 Å². The summed E-state index contributed by atoms with van der Waals surface area (Å²) in [7, 11) is 0. The molecule has 0 fully saturated rings. The average molecular weight is 190 g/mol. The van der Waals surface area contributed by atoms with Crippen molar-refractivity contribution in [3.05, 3.63) is 36.5 Å². The zero-order valence-electron chi connectivity index (χ0n) is 8.53. The highest BCUT2D eigenvalue weighted by Crippen LogP contribution is 2.02. The smallest absolute Gasteiger partial charge is 0.272 e. The minimum atomic E-state index is -0.0673. The normalized spacial score (nSPS) is 9.93. The summed E-state index contributed by atoms with van der Waals surface area (Å²) in [6, 6.07) is 5.08. The Balaban J connectivity index is 2.88. The molecule has 0 aliphatic rings. The van der Waals surface area contributed by atoms with E-state index >= 15 is 0 Å². The van der Waals surface area contributed by atoms with Gasteiger partial charge in [0.05, 0.1) is 0 Å². The molecule has 2 radical (unpaired) electrons. The first-order valence-electron chi connectivity index (χ1n) is 4.70. The zero-order valence-corrected chi connectivity index (χ0v) is 8.53. The summed E-state index contributed by atoms with van der Waals surface area (Å²) in [6.07, 6.45) is 0. The monoisotopic (exact) mass is 190 g/mol. The van der Waals surface area contributed by atoms with Gasteiger partial charge in [0.1, 0.15) is 5.69 Å². The number of hydrogen-bond acceptors (Lipinski definition) is 2. The van der Waals surface area contributed by atoms with E-state index in [0.717, 1.165) is 0 Å². The molecule has 14 heavy (non-hydrogen) atoms. The standard InChI is InChI=1S/C11H14N2O/c1-4-13(5-2)11(14)10-8-6-7-9(3)12-10/h3,6-8H,4-5H2,1-2H3. The Labute approximate surface area is 84.8 Å². The van der Waals surface area contributed by atoms with Gasteiger partial charge in [-0.25, -0.2) is 4.98 Å². The van der Waals surface area contributed by atoms with Gasteiger partial charge in [0.2, 0.25) is 0 Å². The summed E-state index contributed by atoms with van der Waals surface area (Å²) in [5.74, 6) is -0.0673. The molecule has 0 unspecified atom stereocenters. The van der Waals surface area contributed by atoms with E-state index in [0.29, 0.717) is 24.5 Å². The lowest BCUT2D eigenvalue weighted by atomic mass is 10.3. The van der Waals surface area contributed by atoms with Crippen LogP contribution in [0.2, 0.25) is 0 Å². The Hall–Kier alpha value is -1.38. The average Bonchev–Trinajstić information content (AvgIpc) is 2.19.